The van der Waals surface area contributed by atoms with Crippen LogP contribution >= 0.6 is 0 Å². The van der Waals surface area contributed by atoms with Crippen LogP contribution in [0.5, 0.6) is 0 Å². The van der Waals surface area contributed by atoms with Crippen molar-refractivity contribution in [2.24, 2.45) is 0 Å². The second-order valence-corrected chi connectivity index (χ2v) is 9.86. The molecule has 2 aromatic rings. The molecule has 0 unspecified atom stereocenters. The molecule has 1 heterocycles. The van der Waals surface area contributed by atoms with Gasteiger partial charge in [0.05, 0.1) is 4.90 Å². The molecule has 0 saturated carbocycles. The third-order valence-corrected chi connectivity index (χ3v) is 7.61. The molecule has 2 aromatic carbocycles. The average molecular weight is 430 g/mol. The van der Waals surface area contributed by atoms with Gasteiger partial charge in [-0.25, -0.2) is 8.42 Å². The summed E-state index contributed by atoms with van der Waals surface area (Å²) in [6.07, 6.45) is 2.89. The van der Waals surface area contributed by atoms with Crippen molar-refractivity contribution in [2.45, 2.75) is 56.9 Å². The van der Waals surface area contributed by atoms with E-state index in [2.05, 4.69) is 36.6 Å². The molecule has 1 fully saturated rings. The number of carbonyl (C=O) groups excluding carboxylic acids is 1. The summed E-state index contributed by atoms with van der Waals surface area (Å²) in [4.78, 5) is 12.8. The second kappa shape index (κ2) is 9.62. The summed E-state index contributed by atoms with van der Waals surface area (Å²) in [6, 6.07) is 14.1. The predicted molar refractivity (Wildman–Crippen MR) is 121 cm³/mol. The first-order valence-electron chi connectivity index (χ1n) is 10.6. The number of nitrogens with one attached hydrogen (secondary N) is 2. The minimum absolute atomic E-state index is 0.184. The maximum atomic E-state index is 12.6. The van der Waals surface area contributed by atoms with Gasteiger partial charge in [-0.15, -0.1) is 0 Å². The molecule has 0 aromatic heterocycles. The van der Waals surface area contributed by atoms with Crippen molar-refractivity contribution in [3.63, 3.8) is 0 Å². The lowest BCUT2D eigenvalue weighted by molar-refractivity contribution is -0.116. The highest BCUT2D eigenvalue weighted by Crippen LogP contribution is 2.23. The molecule has 2 N–H and O–H groups in total. The number of anilines is 2. The fraction of sp³-hybridized carbons (Fsp3) is 0.435. The standard InChI is InChI=1S/C23H31N3O3S/c1-4-17(2)19-7-9-20(10-8-19)24-18(3)23(27)25-21-11-13-22(14-12-21)30(28,29)26-15-5-6-16-26/h7-14,17-18,24H,4-6,15-16H2,1-3H3,(H,25,27)/t17-,18-/m0/s1. The number of hydrogen-bond acceptors (Lipinski definition) is 4. The van der Waals surface area contributed by atoms with Crippen molar-refractivity contribution in [1.82, 2.24) is 4.31 Å². The summed E-state index contributed by atoms with van der Waals surface area (Å²) in [5, 5.41) is 6.04. The fourth-order valence-corrected chi connectivity index (χ4v) is 5.01. The van der Waals surface area contributed by atoms with Crippen molar-refractivity contribution >= 4 is 27.3 Å². The topological polar surface area (TPSA) is 78.5 Å². The third-order valence-electron chi connectivity index (χ3n) is 5.69. The Balaban J connectivity index is 1.58. The normalized spacial score (nSPS) is 16.8. The van der Waals surface area contributed by atoms with Gasteiger partial charge in [0.25, 0.3) is 0 Å². The molecule has 162 valence electrons. The molecule has 7 heteroatoms. The highest BCUT2D eigenvalue weighted by Gasteiger charge is 2.27. The van der Waals surface area contributed by atoms with Crippen LogP contribution in [-0.4, -0.2) is 37.8 Å². The van der Waals surface area contributed by atoms with E-state index in [4.69, 9.17) is 0 Å². The van der Waals surface area contributed by atoms with Gasteiger partial charge >= 0.3 is 0 Å². The Bertz CT molecular complexity index is 950. The Morgan fingerprint density at radius 2 is 1.53 bits per heavy atom. The average Bonchev–Trinajstić information content (AvgIpc) is 3.30. The van der Waals surface area contributed by atoms with E-state index in [1.54, 1.807) is 31.2 Å². The van der Waals surface area contributed by atoms with Crippen molar-refractivity contribution in [2.75, 3.05) is 23.7 Å². The molecule has 1 saturated heterocycles. The zero-order valence-corrected chi connectivity index (χ0v) is 18.7. The Kier molecular flexibility index (Phi) is 7.15. The molecule has 6 nitrogen and oxygen atoms in total. The molecule has 1 aliphatic rings. The number of rotatable bonds is 8. The molecule has 2 atom stereocenters. The van der Waals surface area contributed by atoms with Crippen molar-refractivity contribution < 1.29 is 13.2 Å². The molecule has 0 aliphatic carbocycles. The highest BCUT2D eigenvalue weighted by atomic mass is 32.2. The van der Waals surface area contributed by atoms with Crippen LogP contribution in [-0.2, 0) is 14.8 Å². The number of nitrogens with zero attached hydrogens (tertiary/aromatic N) is 1. The van der Waals surface area contributed by atoms with Crippen molar-refractivity contribution in [1.29, 1.82) is 0 Å². The molecule has 0 radical (unpaired) electrons. The lowest BCUT2D eigenvalue weighted by Crippen LogP contribution is -2.32. The minimum atomic E-state index is -3.44. The summed E-state index contributed by atoms with van der Waals surface area (Å²) >= 11 is 0. The van der Waals surface area contributed by atoms with E-state index in [1.165, 1.54) is 9.87 Å². The zero-order chi connectivity index (χ0) is 21.7. The summed E-state index contributed by atoms with van der Waals surface area (Å²) in [7, 11) is -3.44. The maximum absolute atomic E-state index is 12.6. The monoisotopic (exact) mass is 429 g/mol. The van der Waals surface area contributed by atoms with E-state index in [-0.39, 0.29) is 10.8 Å². The maximum Gasteiger partial charge on any atom is 0.246 e. The molecule has 1 aliphatic heterocycles. The lowest BCUT2D eigenvalue weighted by atomic mass is 9.98. The van der Waals surface area contributed by atoms with Gasteiger partial charge in [0.2, 0.25) is 15.9 Å². The van der Waals surface area contributed by atoms with E-state index in [0.717, 1.165) is 24.9 Å². The molecule has 3 rings (SSSR count). The number of benzene rings is 2. The quantitative estimate of drug-likeness (QED) is 0.651. The van der Waals surface area contributed by atoms with Gasteiger partial charge in [0.15, 0.2) is 0 Å². The first-order valence-corrected chi connectivity index (χ1v) is 12.0. The largest absolute Gasteiger partial charge is 0.374 e. The van der Waals surface area contributed by atoms with Crippen molar-refractivity contribution in [3.8, 4) is 0 Å². The van der Waals surface area contributed by atoms with Crippen LogP contribution in [0, 0.1) is 0 Å². The Morgan fingerprint density at radius 3 is 2.10 bits per heavy atom. The smallest absolute Gasteiger partial charge is 0.246 e. The molecule has 0 spiro atoms. The van der Waals surface area contributed by atoms with E-state index in [9.17, 15) is 13.2 Å². The number of carbonyl (C=O) groups is 1. The zero-order valence-electron chi connectivity index (χ0n) is 17.9. The van der Waals surface area contributed by atoms with E-state index < -0.39 is 16.1 Å². The molecule has 0 bridgehead atoms. The van der Waals surface area contributed by atoms with Crippen molar-refractivity contribution in [3.05, 3.63) is 54.1 Å². The van der Waals surface area contributed by atoms with Crippen LogP contribution in [0.4, 0.5) is 11.4 Å². The predicted octanol–water partition coefficient (Wildman–Crippen LogP) is 4.42. The summed E-state index contributed by atoms with van der Waals surface area (Å²) in [5.41, 5.74) is 2.74. The Morgan fingerprint density at radius 1 is 0.967 bits per heavy atom. The molecule has 30 heavy (non-hydrogen) atoms. The van der Waals surface area contributed by atoms with Crippen LogP contribution in [0.1, 0.15) is 51.5 Å². The van der Waals surface area contributed by atoms with Crippen LogP contribution in [0.2, 0.25) is 0 Å². The van der Waals surface area contributed by atoms with E-state index >= 15 is 0 Å². The van der Waals surface area contributed by atoms with Crippen LogP contribution in [0.15, 0.2) is 53.4 Å². The van der Waals surface area contributed by atoms with E-state index in [0.29, 0.717) is 24.7 Å². The SMILES string of the molecule is CC[C@H](C)c1ccc(N[C@@H](C)C(=O)Nc2ccc(S(=O)(=O)N3CCCC3)cc2)cc1. The van der Waals surface area contributed by atoms with Gasteiger partial charge in [-0.05, 0) is 74.1 Å². The van der Waals surface area contributed by atoms with Crippen LogP contribution < -0.4 is 10.6 Å². The van der Waals surface area contributed by atoms with Gasteiger partial charge in [-0.3, -0.25) is 4.79 Å². The van der Waals surface area contributed by atoms with Gasteiger partial charge < -0.3 is 10.6 Å². The molecule has 1 amide bonds. The highest BCUT2D eigenvalue weighted by molar-refractivity contribution is 7.89. The van der Waals surface area contributed by atoms with E-state index in [1.807, 2.05) is 12.1 Å². The Labute approximate surface area is 179 Å². The third kappa shape index (κ3) is 5.21. The second-order valence-electron chi connectivity index (χ2n) is 7.92. The van der Waals surface area contributed by atoms with Gasteiger partial charge in [-0.1, -0.05) is 26.0 Å². The number of hydrogen-bond donors (Lipinski definition) is 2. The fourth-order valence-electron chi connectivity index (χ4n) is 3.50. The Hall–Kier alpha value is -2.38. The summed E-state index contributed by atoms with van der Waals surface area (Å²) in [5.74, 6) is 0.327. The number of sulfonamides is 1. The lowest BCUT2D eigenvalue weighted by Gasteiger charge is -2.17. The summed E-state index contributed by atoms with van der Waals surface area (Å²) in [6.45, 7) is 7.30. The van der Waals surface area contributed by atoms with Gasteiger partial charge in [-0.2, -0.15) is 4.31 Å². The summed E-state index contributed by atoms with van der Waals surface area (Å²) < 4.78 is 26.7. The van der Waals surface area contributed by atoms with Gasteiger partial charge in [0, 0.05) is 24.5 Å². The van der Waals surface area contributed by atoms with Crippen LogP contribution in [0.3, 0.4) is 0 Å². The molecular weight excluding hydrogens is 398 g/mol. The minimum Gasteiger partial charge on any atom is -0.374 e. The first kappa shape index (κ1) is 22.3. The number of amides is 1. The van der Waals surface area contributed by atoms with Gasteiger partial charge in [0.1, 0.15) is 6.04 Å². The first-order chi connectivity index (χ1) is 14.3. The van der Waals surface area contributed by atoms with Crippen LogP contribution in [0.25, 0.3) is 0 Å². The molecular formula is C23H31N3O3S.